The van der Waals surface area contributed by atoms with E-state index in [1.807, 2.05) is 18.2 Å². The summed E-state index contributed by atoms with van der Waals surface area (Å²) in [6, 6.07) is 9.01. The third-order valence-corrected chi connectivity index (χ3v) is 13.3. The van der Waals surface area contributed by atoms with Crippen LogP contribution >= 0.6 is 0 Å². The molecule has 4 aliphatic heterocycles. The van der Waals surface area contributed by atoms with Gasteiger partial charge in [0.25, 0.3) is 0 Å². The van der Waals surface area contributed by atoms with Crippen LogP contribution in [0.3, 0.4) is 0 Å². The molecule has 0 aromatic heterocycles. The van der Waals surface area contributed by atoms with Gasteiger partial charge in [0.1, 0.15) is 6.10 Å². The van der Waals surface area contributed by atoms with Gasteiger partial charge < -0.3 is 33.5 Å². The molecule has 8 aliphatic rings. The average Bonchev–Trinajstić information content (AvgIpc) is 3.61. The molecular weight excluding hydrogens is 624 g/mol. The first-order valence-corrected chi connectivity index (χ1v) is 17.8. The normalized spacial score (nSPS) is 36.7. The smallest absolute Gasteiger partial charge is 0.308 e. The fourth-order valence-electron chi connectivity index (χ4n) is 11.4. The standard InChI is InChI=1S/C21H23NO5.C18H21NO3/c1-11(23)25-16-6-4-13-10-15-14-5-7-17(26-12(2)24)20-21(14,8-9-22(15)3)18(13)19(16)27-20;1-19-8-7-18-11-4-5-13(20)17(18)22-16-14(21-2)6-3-10(15(16)18)9-12(11)19/h4-7,14-15,17,20H,8-10H2,1-3H3;3,6,11-12,17H,4-5,7-9H2,1-2H3/t14-,15+,17-,20-,21-;11-,12+,17-,18-/m00/s1. The second kappa shape index (κ2) is 10.8. The summed E-state index contributed by atoms with van der Waals surface area (Å²) in [4.78, 5) is 40.8. The molecule has 0 N–H and O–H groups in total. The van der Waals surface area contributed by atoms with Crippen LogP contribution < -0.4 is 18.9 Å². The predicted octanol–water partition coefficient (Wildman–Crippen LogP) is 3.92. The zero-order valence-electron chi connectivity index (χ0n) is 28.8. The third-order valence-electron chi connectivity index (χ3n) is 13.3. The Balaban J connectivity index is 0.000000135. The maximum atomic E-state index is 12.6. The molecule has 258 valence electrons. The molecule has 10 heteroatoms. The Kier molecular flexibility index (Phi) is 6.86. The van der Waals surface area contributed by atoms with Crippen molar-refractivity contribution >= 4 is 17.7 Å². The van der Waals surface area contributed by atoms with E-state index >= 15 is 0 Å². The van der Waals surface area contributed by atoms with Crippen molar-refractivity contribution in [1.29, 1.82) is 0 Å². The molecule has 0 amide bonds. The number of likely N-dealkylation sites (N-methyl/N-ethyl adjacent to an activating group) is 2. The van der Waals surface area contributed by atoms with E-state index < -0.39 is 6.10 Å². The van der Waals surface area contributed by atoms with E-state index in [-0.39, 0.29) is 46.7 Å². The lowest BCUT2D eigenvalue weighted by Crippen LogP contribution is -2.65. The minimum Gasteiger partial charge on any atom is -0.493 e. The molecule has 2 spiro atoms. The summed E-state index contributed by atoms with van der Waals surface area (Å²) >= 11 is 0. The molecule has 4 aliphatic carbocycles. The number of esters is 2. The number of hydrogen-bond acceptors (Lipinski definition) is 10. The Morgan fingerprint density at radius 1 is 0.837 bits per heavy atom. The maximum Gasteiger partial charge on any atom is 0.308 e. The number of benzene rings is 2. The fourth-order valence-corrected chi connectivity index (χ4v) is 11.4. The van der Waals surface area contributed by atoms with E-state index in [9.17, 15) is 14.4 Å². The quantitative estimate of drug-likeness (QED) is 0.272. The second-order valence-electron chi connectivity index (χ2n) is 15.4. The summed E-state index contributed by atoms with van der Waals surface area (Å²) in [5.74, 6) is 3.17. The molecule has 9 atom stereocenters. The number of rotatable bonds is 3. The van der Waals surface area contributed by atoms with Crippen molar-refractivity contribution in [3.05, 3.63) is 58.7 Å². The molecule has 4 heterocycles. The lowest BCUT2D eigenvalue weighted by atomic mass is 9.52. The summed E-state index contributed by atoms with van der Waals surface area (Å²) in [6.07, 6.45) is 8.78. The van der Waals surface area contributed by atoms with Crippen LogP contribution in [0.25, 0.3) is 0 Å². The molecular formula is C39H44N2O8. The van der Waals surface area contributed by atoms with Gasteiger partial charge in [-0.1, -0.05) is 18.2 Å². The number of likely N-dealkylation sites (tertiary alicyclic amines) is 2. The van der Waals surface area contributed by atoms with Gasteiger partial charge in [-0.15, -0.1) is 0 Å². The van der Waals surface area contributed by atoms with Crippen LogP contribution in [0.1, 0.15) is 61.8 Å². The van der Waals surface area contributed by atoms with Gasteiger partial charge in [0.2, 0.25) is 0 Å². The minimum atomic E-state index is -0.439. The Bertz CT molecular complexity index is 1820. The van der Waals surface area contributed by atoms with E-state index in [2.05, 4.69) is 42.1 Å². The van der Waals surface area contributed by atoms with Gasteiger partial charge >= 0.3 is 11.9 Å². The number of methoxy groups -OCH3 is 1. The van der Waals surface area contributed by atoms with E-state index in [1.54, 1.807) is 7.11 Å². The Labute approximate surface area is 286 Å². The van der Waals surface area contributed by atoms with Gasteiger partial charge in [0.15, 0.2) is 41.0 Å². The Hall–Kier alpha value is -3.89. The van der Waals surface area contributed by atoms with Gasteiger partial charge in [0.05, 0.1) is 7.11 Å². The van der Waals surface area contributed by atoms with Crippen LogP contribution in [0.2, 0.25) is 0 Å². The van der Waals surface area contributed by atoms with Crippen molar-refractivity contribution in [2.45, 2.75) is 93.6 Å². The van der Waals surface area contributed by atoms with Crippen molar-refractivity contribution in [1.82, 2.24) is 9.80 Å². The van der Waals surface area contributed by atoms with Crippen LogP contribution in [0.4, 0.5) is 0 Å². The van der Waals surface area contributed by atoms with E-state index in [4.69, 9.17) is 23.7 Å². The number of piperidine rings is 2. The minimum absolute atomic E-state index is 0.0933. The SMILES string of the molecule is CC(=O)Oc1ccc2c3c1O[C@H]1[C@@H](OC(C)=O)C=C[C@H]4[C@@H](C2)N(C)CC[C@@]341.COc1ccc2c3c1O[C@H]1C(=O)CC[C@H]4[C@@H](C2)N(C)CC[C@]314. The largest absolute Gasteiger partial charge is 0.493 e. The van der Waals surface area contributed by atoms with Crippen molar-refractivity contribution in [3.8, 4) is 23.0 Å². The second-order valence-corrected chi connectivity index (χ2v) is 15.4. The van der Waals surface area contributed by atoms with Crippen molar-refractivity contribution in [2.75, 3.05) is 34.3 Å². The van der Waals surface area contributed by atoms with E-state index in [1.165, 1.54) is 30.5 Å². The zero-order chi connectivity index (χ0) is 34.0. The first-order chi connectivity index (χ1) is 23.6. The molecule has 2 saturated heterocycles. The highest BCUT2D eigenvalue weighted by Gasteiger charge is 2.66. The van der Waals surface area contributed by atoms with E-state index in [0.29, 0.717) is 35.9 Å². The monoisotopic (exact) mass is 668 g/mol. The van der Waals surface area contributed by atoms with E-state index in [0.717, 1.165) is 62.3 Å². The summed E-state index contributed by atoms with van der Waals surface area (Å²) in [5, 5.41) is 0. The molecule has 1 saturated carbocycles. The first kappa shape index (κ1) is 31.1. The van der Waals surface area contributed by atoms with Crippen LogP contribution in [0.5, 0.6) is 23.0 Å². The molecule has 3 fully saturated rings. The third kappa shape index (κ3) is 4.10. The topological polar surface area (TPSA) is 104 Å². The molecule has 0 radical (unpaired) electrons. The average molecular weight is 669 g/mol. The summed E-state index contributed by atoms with van der Waals surface area (Å²) in [6.45, 7) is 4.82. The lowest BCUT2D eigenvalue weighted by Gasteiger charge is -2.57. The Morgan fingerprint density at radius 3 is 2.20 bits per heavy atom. The number of ketones is 1. The van der Waals surface area contributed by atoms with Crippen LogP contribution in [-0.2, 0) is 42.8 Å². The van der Waals surface area contributed by atoms with Crippen molar-refractivity contribution < 1.29 is 38.1 Å². The highest BCUT2D eigenvalue weighted by atomic mass is 16.6. The number of ether oxygens (including phenoxy) is 5. The number of nitrogens with zero attached hydrogens (tertiary/aromatic N) is 2. The van der Waals surface area contributed by atoms with Gasteiger partial charge in [-0.2, -0.15) is 0 Å². The maximum absolute atomic E-state index is 12.6. The van der Waals surface area contributed by atoms with Crippen LogP contribution in [0.15, 0.2) is 36.4 Å². The Morgan fingerprint density at radius 2 is 1.49 bits per heavy atom. The number of hydrogen-bond donors (Lipinski definition) is 0. The summed E-state index contributed by atoms with van der Waals surface area (Å²) in [5.41, 5.74) is 4.73. The first-order valence-electron chi connectivity index (χ1n) is 17.8. The molecule has 4 bridgehead atoms. The van der Waals surface area contributed by atoms with Crippen molar-refractivity contribution in [2.24, 2.45) is 11.8 Å². The predicted molar refractivity (Wildman–Crippen MR) is 178 cm³/mol. The number of carbonyl (C=O) groups excluding carboxylic acids is 3. The number of carbonyl (C=O) groups is 3. The highest BCUT2D eigenvalue weighted by molar-refractivity contribution is 5.89. The van der Waals surface area contributed by atoms with Gasteiger partial charge in [-0.05, 0) is 94.5 Å². The van der Waals surface area contributed by atoms with Gasteiger partial charge in [-0.25, -0.2) is 0 Å². The van der Waals surface area contributed by atoms with Gasteiger partial charge in [-0.3, -0.25) is 14.4 Å². The fraction of sp³-hybridized carbons (Fsp3) is 0.564. The molecule has 2 aromatic rings. The lowest BCUT2D eigenvalue weighted by molar-refractivity contribution is -0.152. The van der Waals surface area contributed by atoms with Crippen molar-refractivity contribution in [3.63, 3.8) is 0 Å². The molecule has 10 rings (SSSR count). The summed E-state index contributed by atoms with van der Waals surface area (Å²) < 4.78 is 29.3. The summed E-state index contributed by atoms with van der Waals surface area (Å²) in [7, 11) is 6.09. The van der Waals surface area contributed by atoms with Gasteiger partial charge in [0, 0.05) is 60.2 Å². The number of Topliss-reactive ketones (excluding diaryl/α,β-unsaturated/α-hetero) is 1. The highest BCUT2D eigenvalue weighted by Crippen LogP contribution is 2.64. The molecule has 10 nitrogen and oxygen atoms in total. The zero-order valence-corrected chi connectivity index (χ0v) is 28.8. The molecule has 2 aromatic carbocycles. The molecule has 0 unspecified atom stereocenters. The van der Waals surface area contributed by atoms with Crippen LogP contribution in [0, 0.1) is 11.8 Å². The van der Waals surface area contributed by atoms with Crippen LogP contribution in [-0.4, -0.2) is 92.2 Å². The molecule has 49 heavy (non-hydrogen) atoms.